The molecule has 0 aliphatic rings. The Morgan fingerprint density at radius 2 is 2.29 bits per heavy atom. The van der Waals surface area contributed by atoms with Crippen LogP contribution in [0.1, 0.15) is 12.6 Å². The van der Waals surface area contributed by atoms with Gasteiger partial charge in [-0.3, -0.25) is 9.78 Å². The van der Waals surface area contributed by atoms with E-state index < -0.39 is 6.04 Å². The number of nitrogens with one attached hydrogen (secondary N) is 1. The van der Waals surface area contributed by atoms with E-state index in [9.17, 15) is 4.79 Å². The molecule has 0 bridgehead atoms. The van der Waals surface area contributed by atoms with Crippen LogP contribution in [0.5, 0.6) is 0 Å². The summed E-state index contributed by atoms with van der Waals surface area (Å²) < 4.78 is 0. The van der Waals surface area contributed by atoms with Gasteiger partial charge in [-0.2, -0.15) is 0 Å². The quantitative estimate of drug-likeness (QED) is 0.776. The summed E-state index contributed by atoms with van der Waals surface area (Å²) in [6.07, 6.45) is 1.68. The number of halogens is 1. The maximum absolute atomic E-state index is 11.2. The number of rotatable bonds is 2. The number of nitrogens with two attached hydrogens (primary N) is 1. The van der Waals surface area contributed by atoms with Gasteiger partial charge in [-0.05, 0) is 26.0 Å². The number of amides is 1. The highest BCUT2D eigenvalue weighted by molar-refractivity contribution is 5.94. The summed E-state index contributed by atoms with van der Waals surface area (Å²) in [6.45, 7) is 3.47. The maximum Gasteiger partial charge on any atom is 0.241 e. The van der Waals surface area contributed by atoms with Crippen LogP contribution in [-0.2, 0) is 4.79 Å². The lowest BCUT2D eigenvalue weighted by Gasteiger charge is -2.08. The summed E-state index contributed by atoms with van der Waals surface area (Å²) in [4.78, 5) is 15.2. The van der Waals surface area contributed by atoms with Crippen molar-refractivity contribution in [2.45, 2.75) is 19.9 Å². The van der Waals surface area contributed by atoms with Gasteiger partial charge in [-0.15, -0.1) is 12.4 Å². The van der Waals surface area contributed by atoms with Crippen molar-refractivity contribution in [3.8, 4) is 0 Å². The summed E-state index contributed by atoms with van der Waals surface area (Å²) in [7, 11) is 0. The van der Waals surface area contributed by atoms with Crippen LogP contribution in [0.15, 0.2) is 18.3 Å². The van der Waals surface area contributed by atoms with E-state index in [1.54, 1.807) is 25.3 Å². The van der Waals surface area contributed by atoms with Crippen LogP contribution in [0, 0.1) is 6.92 Å². The highest BCUT2D eigenvalue weighted by Gasteiger charge is 2.08. The van der Waals surface area contributed by atoms with Gasteiger partial charge in [0.25, 0.3) is 0 Å². The smallest absolute Gasteiger partial charge is 0.241 e. The fourth-order valence-electron chi connectivity index (χ4n) is 0.863. The first-order chi connectivity index (χ1) is 6.11. The molecule has 1 amide bonds. The van der Waals surface area contributed by atoms with Crippen molar-refractivity contribution in [2.75, 3.05) is 5.32 Å². The lowest BCUT2D eigenvalue weighted by atomic mass is 10.3. The van der Waals surface area contributed by atoms with Crippen LogP contribution in [0.2, 0.25) is 0 Å². The number of aryl methyl sites for hydroxylation is 1. The first-order valence-electron chi connectivity index (χ1n) is 4.09. The number of carbonyl (C=O) groups excluding carboxylic acids is 1. The third kappa shape index (κ3) is 3.32. The van der Waals surface area contributed by atoms with Gasteiger partial charge in [-0.1, -0.05) is 0 Å². The predicted octanol–water partition coefficient (Wildman–Crippen LogP) is 1.10. The Morgan fingerprint density at radius 3 is 2.79 bits per heavy atom. The molecule has 5 heteroatoms. The summed E-state index contributed by atoms with van der Waals surface area (Å²) in [6, 6.07) is 3.06. The van der Waals surface area contributed by atoms with E-state index in [2.05, 4.69) is 10.3 Å². The molecular formula is C9H14ClN3O. The van der Waals surface area contributed by atoms with Crippen LogP contribution >= 0.6 is 12.4 Å². The van der Waals surface area contributed by atoms with E-state index in [4.69, 9.17) is 5.73 Å². The second kappa shape index (κ2) is 5.57. The van der Waals surface area contributed by atoms with Gasteiger partial charge < -0.3 is 11.1 Å². The maximum atomic E-state index is 11.2. The molecule has 0 saturated heterocycles. The normalized spacial score (nSPS) is 11.4. The van der Waals surface area contributed by atoms with Crippen molar-refractivity contribution in [1.29, 1.82) is 0 Å². The standard InChI is InChI=1S/C9H13N3O.ClH/c1-6(10)9(13)12-8-4-3-5-11-7(8)2;/h3-6H,10H2,1-2H3,(H,12,13);1H/t6-;/m0./s1. The monoisotopic (exact) mass is 215 g/mol. The Kier molecular flexibility index (Phi) is 5.12. The second-order valence-corrected chi connectivity index (χ2v) is 2.91. The highest BCUT2D eigenvalue weighted by atomic mass is 35.5. The molecule has 1 rings (SSSR count). The zero-order chi connectivity index (χ0) is 9.84. The summed E-state index contributed by atoms with van der Waals surface area (Å²) >= 11 is 0. The Morgan fingerprint density at radius 1 is 1.64 bits per heavy atom. The Balaban J connectivity index is 0.00000169. The number of anilines is 1. The number of aromatic nitrogens is 1. The number of nitrogens with zero attached hydrogens (tertiary/aromatic N) is 1. The molecule has 78 valence electrons. The average Bonchev–Trinajstić information content (AvgIpc) is 2.08. The lowest BCUT2D eigenvalue weighted by Crippen LogP contribution is -2.32. The third-order valence-corrected chi connectivity index (χ3v) is 1.68. The second-order valence-electron chi connectivity index (χ2n) is 2.91. The van der Waals surface area contributed by atoms with Gasteiger partial charge in [0.1, 0.15) is 0 Å². The van der Waals surface area contributed by atoms with E-state index in [1.807, 2.05) is 6.92 Å². The zero-order valence-corrected chi connectivity index (χ0v) is 8.97. The van der Waals surface area contributed by atoms with Gasteiger partial charge in [-0.25, -0.2) is 0 Å². The van der Waals surface area contributed by atoms with E-state index in [0.717, 1.165) is 5.69 Å². The summed E-state index contributed by atoms with van der Waals surface area (Å²) in [5.41, 5.74) is 6.90. The third-order valence-electron chi connectivity index (χ3n) is 1.68. The van der Waals surface area contributed by atoms with Crippen LogP contribution in [0.25, 0.3) is 0 Å². The fraction of sp³-hybridized carbons (Fsp3) is 0.333. The van der Waals surface area contributed by atoms with E-state index in [-0.39, 0.29) is 18.3 Å². The van der Waals surface area contributed by atoms with Crippen LogP contribution in [0.4, 0.5) is 5.69 Å². The molecule has 0 saturated carbocycles. The van der Waals surface area contributed by atoms with Crippen molar-refractivity contribution < 1.29 is 4.79 Å². The molecule has 0 spiro atoms. The van der Waals surface area contributed by atoms with Gasteiger partial charge in [0.2, 0.25) is 5.91 Å². The molecule has 0 unspecified atom stereocenters. The Labute approximate surface area is 89.3 Å². The van der Waals surface area contributed by atoms with Gasteiger partial charge in [0.15, 0.2) is 0 Å². The predicted molar refractivity (Wildman–Crippen MR) is 58.5 cm³/mol. The molecule has 1 atom stereocenters. The molecule has 0 fully saturated rings. The molecule has 0 aliphatic carbocycles. The largest absolute Gasteiger partial charge is 0.323 e. The average molecular weight is 216 g/mol. The van der Waals surface area contributed by atoms with Crippen molar-refractivity contribution in [1.82, 2.24) is 4.98 Å². The topological polar surface area (TPSA) is 68.0 Å². The number of pyridine rings is 1. The molecule has 0 radical (unpaired) electrons. The van der Waals surface area contributed by atoms with Crippen molar-refractivity contribution in [3.05, 3.63) is 24.0 Å². The van der Waals surface area contributed by atoms with E-state index in [1.165, 1.54) is 0 Å². The molecule has 3 N–H and O–H groups in total. The first-order valence-corrected chi connectivity index (χ1v) is 4.09. The fourth-order valence-corrected chi connectivity index (χ4v) is 0.863. The molecule has 0 aliphatic heterocycles. The van der Waals surface area contributed by atoms with Crippen molar-refractivity contribution in [3.63, 3.8) is 0 Å². The van der Waals surface area contributed by atoms with Crippen LogP contribution in [0.3, 0.4) is 0 Å². The van der Waals surface area contributed by atoms with Gasteiger partial charge in [0.05, 0.1) is 17.4 Å². The minimum atomic E-state index is -0.500. The molecule has 0 aromatic carbocycles. The SMILES string of the molecule is Cc1ncccc1NC(=O)[C@H](C)N.Cl. The van der Waals surface area contributed by atoms with E-state index >= 15 is 0 Å². The molecule has 1 aromatic heterocycles. The summed E-state index contributed by atoms with van der Waals surface area (Å²) in [5.74, 6) is -0.198. The van der Waals surface area contributed by atoms with Crippen molar-refractivity contribution in [2.24, 2.45) is 5.73 Å². The van der Waals surface area contributed by atoms with Gasteiger partial charge >= 0.3 is 0 Å². The molecule has 4 nitrogen and oxygen atoms in total. The zero-order valence-electron chi connectivity index (χ0n) is 8.15. The lowest BCUT2D eigenvalue weighted by molar-refractivity contribution is -0.117. The van der Waals surface area contributed by atoms with Crippen LogP contribution in [-0.4, -0.2) is 16.9 Å². The van der Waals surface area contributed by atoms with Crippen molar-refractivity contribution >= 4 is 24.0 Å². The van der Waals surface area contributed by atoms with E-state index in [0.29, 0.717) is 5.69 Å². The van der Waals surface area contributed by atoms with Gasteiger partial charge in [0, 0.05) is 6.20 Å². The first kappa shape index (κ1) is 12.9. The minimum Gasteiger partial charge on any atom is -0.323 e. The molecule has 1 aromatic rings. The molecule has 1 heterocycles. The molecule has 14 heavy (non-hydrogen) atoms. The number of carbonyl (C=O) groups is 1. The highest BCUT2D eigenvalue weighted by Crippen LogP contribution is 2.09. The summed E-state index contributed by atoms with van der Waals surface area (Å²) in [5, 5.41) is 2.68. The number of hydrogen-bond acceptors (Lipinski definition) is 3. The molecular weight excluding hydrogens is 202 g/mol. The Hall–Kier alpha value is -1.13. The number of hydrogen-bond donors (Lipinski definition) is 2. The van der Waals surface area contributed by atoms with Crippen LogP contribution < -0.4 is 11.1 Å². The Bertz CT molecular complexity index is 315. The minimum absolute atomic E-state index is 0.